The summed E-state index contributed by atoms with van der Waals surface area (Å²) in [5.74, 6) is 0. The van der Waals surface area contributed by atoms with Gasteiger partial charge in [0.15, 0.2) is 0 Å². The Morgan fingerprint density at radius 3 is 1.00 bits per heavy atom. The molecule has 3 aliphatic rings. The minimum absolute atomic E-state index is 0.757. The molecular weight excluding hydrogens is 235 g/mol. The topological polar surface area (TPSA) is 6.48 Å². The van der Waals surface area contributed by atoms with Crippen LogP contribution in [0.1, 0.15) is 0 Å². The van der Waals surface area contributed by atoms with Crippen LogP contribution in [-0.4, -0.2) is 49.1 Å². The van der Waals surface area contributed by atoms with Crippen LogP contribution in [-0.2, 0) is 13.1 Å². The predicted octanol–water partition coefficient (Wildman–Crippen LogP) is 0.994. The van der Waals surface area contributed by atoms with Gasteiger partial charge in [-0.2, -0.15) is 0 Å². The second-order valence-corrected chi connectivity index (χ2v) is 4.28. The molecule has 0 atom stereocenters. The van der Waals surface area contributed by atoms with E-state index in [1.54, 1.807) is 0 Å². The molecule has 71 valence electrons. The normalized spacial score (nSPS) is 34.7. The molecule has 0 radical (unpaired) electrons. The van der Waals surface area contributed by atoms with E-state index in [1.807, 2.05) is 0 Å². The Hall–Kier alpha value is 1.02. The SMILES string of the molecule is C1CN2CCN1CC2.[Cl][Cu][Cl]. The quantitative estimate of drug-likeness (QED) is 0.589. The number of nitrogens with zero attached hydrogens (tertiary/aromatic N) is 2. The van der Waals surface area contributed by atoms with Crippen LogP contribution in [0, 0.1) is 0 Å². The first kappa shape index (κ1) is 10.1. The van der Waals surface area contributed by atoms with E-state index < -0.39 is 0 Å². The van der Waals surface area contributed by atoms with Gasteiger partial charge in [0.2, 0.25) is 0 Å². The molecule has 0 saturated carbocycles. The Balaban J connectivity index is 0.000000179. The van der Waals surface area contributed by atoms with Crippen LogP contribution < -0.4 is 0 Å². The molecule has 0 aliphatic carbocycles. The summed E-state index contributed by atoms with van der Waals surface area (Å²) in [6.45, 7) is 7.92. The zero-order valence-corrected chi connectivity index (χ0v) is 8.65. The van der Waals surface area contributed by atoms with Gasteiger partial charge >= 0.3 is 33.3 Å². The number of piperazine rings is 3. The van der Waals surface area contributed by atoms with Crippen molar-refractivity contribution in [2.24, 2.45) is 0 Å². The van der Waals surface area contributed by atoms with Gasteiger partial charge in [0.1, 0.15) is 0 Å². The summed E-state index contributed by atoms with van der Waals surface area (Å²) in [5.41, 5.74) is 0. The Kier molecular flexibility index (Phi) is 5.17. The maximum atomic E-state index is 4.67. The number of hydrogen-bond acceptors (Lipinski definition) is 2. The number of halogens is 2. The molecule has 2 nitrogen and oxygen atoms in total. The predicted molar refractivity (Wildman–Crippen MR) is 44.6 cm³/mol. The van der Waals surface area contributed by atoms with E-state index in [-0.39, 0.29) is 0 Å². The zero-order chi connectivity index (χ0) is 8.10. The van der Waals surface area contributed by atoms with Crippen molar-refractivity contribution >= 4 is 20.2 Å². The van der Waals surface area contributed by atoms with Crippen molar-refractivity contribution in [2.45, 2.75) is 0 Å². The summed E-state index contributed by atoms with van der Waals surface area (Å²) >= 11 is 0.757. The average molecular weight is 247 g/mol. The molecule has 0 aromatic heterocycles. The fourth-order valence-electron chi connectivity index (χ4n) is 1.52. The third-order valence-corrected chi connectivity index (χ3v) is 2.20. The summed E-state index contributed by atoms with van der Waals surface area (Å²) in [5, 5.41) is 0. The van der Waals surface area contributed by atoms with Gasteiger partial charge in [-0.25, -0.2) is 0 Å². The molecule has 11 heavy (non-hydrogen) atoms. The van der Waals surface area contributed by atoms with Gasteiger partial charge in [-0.15, -0.1) is 0 Å². The van der Waals surface area contributed by atoms with E-state index in [4.69, 9.17) is 0 Å². The standard InChI is InChI=1S/C6H12N2.2ClH.Cu/c1-2-8-5-3-7(1)4-6-8;;;/h1-6H2;2*1H;/q;;;+2/p-2. The van der Waals surface area contributed by atoms with Gasteiger partial charge in [0.25, 0.3) is 0 Å². The fraction of sp³-hybridized carbons (Fsp3) is 1.00. The van der Waals surface area contributed by atoms with Crippen LogP contribution in [0.25, 0.3) is 0 Å². The molecule has 2 bridgehead atoms. The molecule has 0 aromatic rings. The monoisotopic (exact) mass is 245 g/mol. The van der Waals surface area contributed by atoms with Crippen molar-refractivity contribution in [1.29, 1.82) is 0 Å². The van der Waals surface area contributed by atoms with Crippen molar-refractivity contribution in [2.75, 3.05) is 39.3 Å². The zero-order valence-electron chi connectivity index (χ0n) is 6.19. The molecular formula is C6H12Cl2CuN2. The van der Waals surface area contributed by atoms with Crippen LogP contribution in [0.15, 0.2) is 0 Å². The molecule has 3 aliphatic heterocycles. The molecule has 0 unspecified atom stereocenters. The van der Waals surface area contributed by atoms with Gasteiger partial charge < -0.3 is 0 Å². The summed E-state index contributed by atoms with van der Waals surface area (Å²) in [4.78, 5) is 5.08. The number of rotatable bonds is 0. The van der Waals surface area contributed by atoms with Crippen LogP contribution in [0.2, 0.25) is 0 Å². The first-order valence-electron chi connectivity index (χ1n) is 3.63. The Bertz CT molecular complexity index is 83.7. The average Bonchev–Trinajstić information content (AvgIpc) is 2.09. The summed E-state index contributed by atoms with van der Waals surface area (Å²) in [6.07, 6.45) is 0. The van der Waals surface area contributed by atoms with Gasteiger partial charge in [-0.3, -0.25) is 9.80 Å². The summed E-state index contributed by atoms with van der Waals surface area (Å²) < 4.78 is 0. The fourth-order valence-corrected chi connectivity index (χ4v) is 1.52. The summed E-state index contributed by atoms with van der Waals surface area (Å²) in [7, 11) is 9.34. The molecule has 5 heteroatoms. The number of fused-ring (bicyclic) bond motifs is 3. The third kappa shape index (κ3) is 3.49. The van der Waals surface area contributed by atoms with Crippen LogP contribution in [0.4, 0.5) is 0 Å². The Morgan fingerprint density at radius 1 is 0.727 bits per heavy atom. The van der Waals surface area contributed by atoms with E-state index in [9.17, 15) is 0 Å². The van der Waals surface area contributed by atoms with Crippen LogP contribution in [0.3, 0.4) is 0 Å². The van der Waals surface area contributed by atoms with Gasteiger partial charge in [0, 0.05) is 39.3 Å². The Morgan fingerprint density at radius 2 is 0.909 bits per heavy atom. The molecule has 3 saturated heterocycles. The first-order valence-corrected chi connectivity index (χ1v) is 6.22. The minimum atomic E-state index is 0.757. The molecule has 0 spiro atoms. The van der Waals surface area contributed by atoms with Gasteiger partial charge in [-0.1, -0.05) is 0 Å². The maximum absolute atomic E-state index is 4.67. The number of hydrogen-bond donors (Lipinski definition) is 0. The van der Waals surface area contributed by atoms with Gasteiger partial charge in [-0.05, 0) is 0 Å². The van der Waals surface area contributed by atoms with Gasteiger partial charge in [0.05, 0.1) is 0 Å². The van der Waals surface area contributed by atoms with Crippen molar-refractivity contribution < 1.29 is 13.1 Å². The van der Waals surface area contributed by atoms with Crippen LogP contribution >= 0.6 is 20.2 Å². The van der Waals surface area contributed by atoms with E-state index in [1.165, 1.54) is 39.3 Å². The van der Waals surface area contributed by atoms with Crippen molar-refractivity contribution in [3.63, 3.8) is 0 Å². The van der Waals surface area contributed by atoms with E-state index in [0.717, 1.165) is 13.1 Å². The van der Waals surface area contributed by atoms with Crippen molar-refractivity contribution in [3.8, 4) is 0 Å². The molecule has 3 rings (SSSR count). The van der Waals surface area contributed by atoms with E-state index in [0.29, 0.717) is 0 Å². The molecule has 0 aromatic carbocycles. The molecule has 0 N–H and O–H groups in total. The molecule has 0 amide bonds. The van der Waals surface area contributed by atoms with Crippen molar-refractivity contribution in [3.05, 3.63) is 0 Å². The van der Waals surface area contributed by atoms with Crippen LogP contribution in [0.5, 0.6) is 0 Å². The first-order chi connectivity index (χ1) is 5.36. The summed E-state index contributed by atoms with van der Waals surface area (Å²) in [6, 6.07) is 0. The molecule has 3 heterocycles. The van der Waals surface area contributed by atoms with Crippen molar-refractivity contribution in [1.82, 2.24) is 9.80 Å². The van der Waals surface area contributed by atoms with E-state index in [2.05, 4.69) is 30.0 Å². The second kappa shape index (κ2) is 5.63. The van der Waals surface area contributed by atoms with E-state index >= 15 is 0 Å². The molecule has 3 fully saturated rings. The third-order valence-electron chi connectivity index (χ3n) is 2.20. The second-order valence-electron chi connectivity index (χ2n) is 2.73. The Labute approximate surface area is 82.4 Å².